The Labute approximate surface area is 128 Å². The van der Waals surface area contributed by atoms with Crippen LogP contribution >= 0.6 is 0 Å². The predicted molar refractivity (Wildman–Crippen MR) is 80.0 cm³/mol. The summed E-state index contributed by atoms with van der Waals surface area (Å²) in [6, 6.07) is 8.90. The Morgan fingerprint density at radius 3 is 2.59 bits per heavy atom. The van der Waals surface area contributed by atoms with Crippen LogP contribution < -0.4 is 4.90 Å². The fourth-order valence-electron chi connectivity index (χ4n) is 3.40. The summed E-state index contributed by atoms with van der Waals surface area (Å²) in [4.78, 5) is 37.4. The normalized spacial score (nSPS) is 27.1. The Morgan fingerprint density at radius 1 is 1.18 bits per heavy atom. The fourth-order valence-corrected chi connectivity index (χ4v) is 3.40. The van der Waals surface area contributed by atoms with E-state index >= 15 is 0 Å². The zero-order valence-corrected chi connectivity index (χ0v) is 12.0. The number of imide groups is 1. The molecule has 0 radical (unpaired) electrons. The number of para-hydroxylation sites is 1. The van der Waals surface area contributed by atoms with Gasteiger partial charge in [0.25, 0.3) is 0 Å². The molecule has 5 nitrogen and oxygen atoms in total. The summed E-state index contributed by atoms with van der Waals surface area (Å²) in [6.45, 7) is 0. The third-order valence-corrected chi connectivity index (χ3v) is 4.42. The number of benzene rings is 1. The summed E-state index contributed by atoms with van der Waals surface area (Å²) in [5, 5.41) is 8.85. The van der Waals surface area contributed by atoms with Gasteiger partial charge in [-0.2, -0.15) is 0 Å². The minimum absolute atomic E-state index is 0.00499. The van der Waals surface area contributed by atoms with Crippen LogP contribution in [-0.2, 0) is 14.4 Å². The number of carboxylic acid groups (broad SMARTS) is 1. The van der Waals surface area contributed by atoms with Gasteiger partial charge >= 0.3 is 5.97 Å². The number of anilines is 1. The van der Waals surface area contributed by atoms with Gasteiger partial charge < -0.3 is 5.11 Å². The SMILES string of the molecule is O=C(O)CC[C@@H]1C=CC[C@@H]2C(=O)N(c3ccccc3)C(=O)[C@@H]21. The second-order valence-corrected chi connectivity index (χ2v) is 5.74. The Balaban J connectivity index is 1.87. The maximum absolute atomic E-state index is 12.7. The van der Waals surface area contributed by atoms with Crippen LogP contribution in [0.15, 0.2) is 42.5 Å². The van der Waals surface area contributed by atoms with Crippen molar-refractivity contribution in [2.24, 2.45) is 17.8 Å². The number of carbonyl (C=O) groups is 3. The predicted octanol–water partition coefficient (Wildman–Crippen LogP) is 2.23. The smallest absolute Gasteiger partial charge is 0.303 e. The number of aliphatic carboxylic acids is 1. The van der Waals surface area contributed by atoms with Crippen molar-refractivity contribution in [1.82, 2.24) is 0 Å². The van der Waals surface area contributed by atoms with Gasteiger partial charge in [-0.15, -0.1) is 0 Å². The van der Waals surface area contributed by atoms with Gasteiger partial charge in [-0.1, -0.05) is 30.4 Å². The summed E-state index contributed by atoms with van der Waals surface area (Å²) in [7, 11) is 0. The number of carbonyl (C=O) groups excluding carboxylic acids is 2. The van der Waals surface area contributed by atoms with E-state index in [-0.39, 0.29) is 30.1 Å². The van der Waals surface area contributed by atoms with Gasteiger partial charge in [0.1, 0.15) is 0 Å². The zero-order valence-electron chi connectivity index (χ0n) is 12.0. The average Bonchev–Trinajstić information content (AvgIpc) is 2.78. The zero-order chi connectivity index (χ0) is 15.7. The lowest BCUT2D eigenvalue weighted by Gasteiger charge is -2.25. The molecule has 1 aliphatic heterocycles. The maximum atomic E-state index is 12.7. The quantitative estimate of drug-likeness (QED) is 0.683. The highest BCUT2D eigenvalue weighted by Crippen LogP contribution is 2.42. The van der Waals surface area contributed by atoms with Crippen molar-refractivity contribution in [3.63, 3.8) is 0 Å². The van der Waals surface area contributed by atoms with Crippen LogP contribution in [0, 0.1) is 17.8 Å². The molecule has 1 heterocycles. The van der Waals surface area contributed by atoms with Crippen LogP contribution in [0.2, 0.25) is 0 Å². The molecule has 1 aromatic carbocycles. The molecule has 0 aromatic heterocycles. The molecule has 2 aliphatic rings. The van der Waals surface area contributed by atoms with E-state index in [4.69, 9.17) is 5.11 Å². The lowest BCUT2D eigenvalue weighted by molar-refractivity contribution is -0.137. The van der Waals surface area contributed by atoms with Gasteiger partial charge in [0, 0.05) is 6.42 Å². The summed E-state index contributed by atoms with van der Waals surface area (Å²) in [5.41, 5.74) is 0.587. The number of hydrogen-bond acceptors (Lipinski definition) is 3. The minimum Gasteiger partial charge on any atom is -0.481 e. The van der Waals surface area contributed by atoms with Gasteiger partial charge in [0.15, 0.2) is 0 Å². The van der Waals surface area contributed by atoms with Crippen LogP contribution in [0.5, 0.6) is 0 Å². The van der Waals surface area contributed by atoms with E-state index in [1.807, 2.05) is 18.2 Å². The summed E-state index contributed by atoms with van der Waals surface area (Å²) in [5.74, 6) is -2.24. The number of nitrogens with zero attached hydrogens (tertiary/aromatic N) is 1. The Morgan fingerprint density at radius 2 is 1.91 bits per heavy atom. The molecule has 0 saturated carbocycles. The fraction of sp³-hybridized carbons (Fsp3) is 0.353. The number of hydrogen-bond donors (Lipinski definition) is 1. The first kappa shape index (κ1) is 14.5. The van der Waals surface area contributed by atoms with Crippen molar-refractivity contribution in [1.29, 1.82) is 0 Å². The third-order valence-electron chi connectivity index (χ3n) is 4.42. The molecule has 5 heteroatoms. The van der Waals surface area contributed by atoms with Gasteiger partial charge in [0.2, 0.25) is 11.8 Å². The number of rotatable bonds is 4. The van der Waals surface area contributed by atoms with Gasteiger partial charge in [-0.05, 0) is 30.9 Å². The summed E-state index contributed by atoms with van der Waals surface area (Å²) in [6.07, 6.45) is 4.72. The average molecular weight is 299 g/mol. The van der Waals surface area contributed by atoms with E-state index in [1.54, 1.807) is 24.3 Å². The van der Waals surface area contributed by atoms with E-state index in [2.05, 4.69) is 0 Å². The second kappa shape index (κ2) is 5.75. The first-order valence-corrected chi connectivity index (χ1v) is 7.41. The number of fused-ring (bicyclic) bond motifs is 1. The highest BCUT2D eigenvalue weighted by molar-refractivity contribution is 6.22. The molecule has 1 N–H and O–H groups in total. The van der Waals surface area contributed by atoms with Crippen LogP contribution in [-0.4, -0.2) is 22.9 Å². The van der Waals surface area contributed by atoms with Crippen molar-refractivity contribution >= 4 is 23.5 Å². The van der Waals surface area contributed by atoms with E-state index in [0.29, 0.717) is 18.5 Å². The molecule has 0 unspecified atom stereocenters. The topological polar surface area (TPSA) is 74.7 Å². The van der Waals surface area contributed by atoms with Gasteiger partial charge in [-0.25, -0.2) is 0 Å². The lowest BCUT2D eigenvalue weighted by atomic mass is 9.75. The van der Waals surface area contributed by atoms with Crippen molar-refractivity contribution < 1.29 is 19.5 Å². The Hall–Kier alpha value is -2.43. The molecule has 3 rings (SSSR count). The van der Waals surface area contributed by atoms with Crippen molar-refractivity contribution in [3.05, 3.63) is 42.5 Å². The van der Waals surface area contributed by atoms with E-state index in [0.717, 1.165) is 0 Å². The van der Waals surface area contributed by atoms with Crippen molar-refractivity contribution in [2.45, 2.75) is 19.3 Å². The van der Waals surface area contributed by atoms with Crippen molar-refractivity contribution in [3.8, 4) is 0 Å². The monoisotopic (exact) mass is 299 g/mol. The third kappa shape index (κ3) is 2.43. The molecular formula is C17H17NO4. The molecule has 0 spiro atoms. The first-order chi connectivity index (χ1) is 10.6. The van der Waals surface area contributed by atoms with Gasteiger partial charge in [-0.3, -0.25) is 19.3 Å². The van der Waals surface area contributed by atoms with Crippen LogP contribution in [0.3, 0.4) is 0 Å². The maximum Gasteiger partial charge on any atom is 0.303 e. The van der Waals surface area contributed by atoms with E-state index in [9.17, 15) is 14.4 Å². The molecule has 114 valence electrons. The largest absolute Gasteiger partial charge is 0.481 e. The molecule has 3 atom stereocenters. The molecule has 2 amide bonds. The highest BCUT2D eigenvalue weighted by Gasteiger charge is 2.51. The van der Waals surface area contributed by atoms with Crippen LogP contribution in [0.25, 0.3) is 0 Å². The number of carboxylic acids is 1. The first-order valence-electron chi connectivity index (χ1n) is 7.41. The van der Waals surface area contributed by atoms with Gasteiger partial charge in [0.05, 0.1) is 17.5 Å². The van der Waals surface area contributed by atoms with Crippen molar-refractivity contribution in [2.75, 3.05) is 4.90 Å². The van der Waals surface area contributed by atoms with Crippen LogP contribution in [0.1, 0.15) is 19.3 Å². The lowest BCUT2D eigenvalue weighted by Crippen LogP contribution is -2.32. The molecule has 1 aliphatic carbocycles. The molecule has 0 bridgehead atoms. The van der Waals surface area contributed by atoms with E-state index in [1.165, 1.54) is 4.90 Å². The molecular weight excluding hydrogens is 282 g/mol. The van der Waals surface area contributed by atoms with E-state index < -0.39 is 11.9 Å². The number of amides is 2. The number of allylic oxidation sites excluding steroid dienone is 2. The Kier molecular flexibility index (Phi) is 3.79. The molecule has 22 heavy (non-hydrogen) atoms. The summed E-state index contributed by atoms with van der Waals surface area (Å²) < 4.78 is 0. The molecule has 1 aromatic rings. The summed E-state index contributed by atoms with van der Waals surface area (Å²) >= 11 is 0. The standard InChI is InChI=1S/C17H17NO4/c19-14(20)10-9-11-5-4-8-13-15(11)17(22)18(16(13)21)12-6-2-1-3-7-12/h1-7,11,13,15H,8-10H2,(H,19,20)/t11-,13-,15+/m0/s1. The Bertz CT molecular complexity index is 637. The molecule has 1 saturated heterocycles. The minimum atomic E-state index is -0.882. The van der Waals surface area contributed by atoms with Crippen LogP contribution in [0.4, 0.5) is 5.69 Å². The molecule has 1 fully saturated rings. The second-order valence-electron chi connectivity index (χ2n) is 5.74. The highest BCUT2D eigenvalue weighted by atomic mass is 16.4.